The molecule has 0 saturated heterocycles. The normalized spacial score (nSPS) is 19.0. The summed E-state index contributed by atoms with van der Waals surface area (Å²) in [5, 5.41) is 4.99. The molecule has 8 heteroatoms. The number of halogens is 2. The quantitative estimate of drug-likeness (QED) is 0.491. The first kappa shape index (κ1) is 22.7. The number of amides is 1. The van der Waals surface area contributed by atoms with Gasteiger partial charge in [0.05, 0.1) is 39.2 Å². The zero-order chi connectivity index (χ0) is 23.2. The van der Waals surface area contributed by atoms with Gasteiger partial charge in [-0.1, -0.05) is 49.5 Å². The SMILES string of the molecule is CCC(C)[C@H]1c2nc(C)nc(-c3cnn(C)c3)c2C[C@H](C)N1C(=O)c1cccc(Cl)c1Cl. The van der Waals surface area contributed by atoms with Crippen LogP contribution in [0.4, 0.5) is 0 Å². The number of rotatable bonds is 4. The van der Waals surface area contributed by atoms with E-state index in [1.165, 1.54) is 0 Å². The van der Waals surface area contributed by atoms with E-state index >= 15 is 0 Å². The highest BCUT2D eigenvalue weighted by atomic mass is 35.5. The molecule has 32 heavy (non-hydrogen) atoms. The predicted octanol–water partition coefficient (Wildman–Crippen LogP) is 5.67. The Morgan fingerprint density at radius 1 is 1.28 bits per heavy atom. The smallest absolute Gasteiger partial charge is 0.256 e. The number of hydrogen-bond donors (Lipinski definition) is 0. The van der Waals surface area contributed by atoms with Gasteiger partial charge in [-0.15, -0.1) is 0 Å². The van der Waals surface area contributed by atoms with Gasteiger partial charge in [0, 0.05) is 30.4 Å². The van der Waals surface area contributed by atoms with Crippen LogP contribution in [0.1, 0.15) is 60.7 Å². The first-order valence-corrected chi connectivity index (χ1v) is 11.6. The van der Waals surface area contributed by atoms with Gasteiger partial charge in [-0.25, -0.2) is 9.97 Å². The summed E-state index contributed by atoms with van der Waals surface area (Å²) < 4.78 is 1.77. The zero-order valence-electron chi connectivity index (χ0n) is 18.9. The molecule has 4 rings (SSSR count). The highest BCUT2D eigenvalue weighted by Gasteiger charge is 2.41. The number of carbonyl (C=O) groups is 1. The van der Waals surface area contributed by atoms with E-state index in [2.05, 4.69) is 25.9 Å². The maximum absolute atomic E-state index is 13.8. The highest BCUT2D eigenvalue weighted by Crippen LogP contribution is 2.42. The summed E-state index contributed by atoms with van der Waals surface area (Å²) in [6, 6.07) is 4.93. The molecule has 0 fully saturated rings. The minimum atomic E-state index is -0.196. The van der Waals surface area contributed by atoms with E-state index in [1.807, 2.05) is 31.3 Å². The van der Waals surface area contributed by atoms with Crippen molar-refractivity contribution in [3.63, 3.8) is 0 Å². The maximum Gasteiger partial charge on any atom is 0.256 e. The number of benzene rings is 1. The molecular formula is C24H27Cl2N5O. The van der Waals surface area contributed by atoms with Crippen LogP contribution < -0.4 is 0 Å². The second kappa shape index (κ2) is 8.83. The summed E-state index contributed by atoms with van der Waals surface area (Å²) in [6.07, 6.45) is 5.34. The molecule has 6 nitrogen and oxygen atoms in total. The van der Waals surface area contributed by atoms with Gasteiger partial charge in [0.1, 0.15) is 5.82 Å². The van der Waals surface area contributed by atoms with Crippen molar-refractivity contribution in [1.82, 2.24) is 24.6 Å². The largest absolute Gasteiger partial charge is 0.327 e. The van der Waals surface area contributed by atoms with Crippen LogP contribution in [0.25, 0.3) is 11.3 Å². The van der Waals surface area contributed by atoms with Crippen molar-refractivity contribution in [2.75, 3.05) is 0 Å². The van der Waals surface area contributed by atoms with Crippen LogP contribution in [0.15, 0.2) is 30.6 Å². The molecule has 3 atom stereocenters. The van der Waals surface area contributed by atoms with Crippen LogP contribution in [0, 0.1) is 12.8 Å². The Bertz CT molecular complexity index is 1180. The van der Waals surface area contributed by atoms with Gasteiger partial charge in [0.15, 0.2) is 0 Å². The van der Waals surface area contributed by atoms with E-state index in [-0.39, 0.29) is 28.9 Å². The third-order valence-corrected chi connectivity index (χ3v) is 7.10. The van der Waals surface area contributed by atoms with Gasteiger partial charge < -0.3 is 4.90 Å². The Kier molecular flexibility index (Phi) is 6.28. The van der Waals surface area contributed by atoms with Crippen molar-refractivity contribution in [2.45, 2.75) is 52.6 Å². The van der Waals surface area contributed by atoms with Crippen molar-refractivity contribution in [1.29, 1.82) is 0 Å². The van der Waals surface area contributed by atoms with Crippen LogP contribution in [0.5, 0.6) is 0 Å². The number of aryl methyl sites for hydroxylation is 2. The van der Waals surface area contributed by atoms with E-state index in [0.29, 0.717) is 22.8 Å². The highest BCUT2D eigenvalue weighted by molar-refractivity contribution is 6.43. The molecule has 168 valence electrons. The molecule has 1 aliphatic heterocycles. The second-order valence-electron chi connectivity index (χ2n) is 8.58. The van der Waals surface area contributed by atoms with Crippen molar-refractivity contribution < 1.29 is 4.79 Å². The van der Waals surface area contributed by atoms with E-state index < -0.39 is 0 Å². The molecule has 0 saturated carbocycles. The summed E-state index contributed by atoms with van der Waals surface area (Å²) in [6.45, 7) is 8.26. The minimum absolute atomic E-state index is 0.0641. The van der Waals surface area contributed by atoms with Crippen molar-refractivity contribution in [3.8, 4) is 11.3 Å². The fourth-order valence-electron chi connectivity index (χ4n) is 4.55. The number of carbonyl (C=O) groups excluding carboxylic acids is 1. The Morgan fingerprint density at radius 2 is 2.03 bits per heavy atom. The molecule has 2 aromatic heterocycles. The van der Waals surface area contributed by atoms with Gasteiger partial charge in [-0.3, -0.25) is 9.48 Å². The molecule has 1 amide bonds. The molecule has 0 radical (unpaired) electrons. The lowest BCUT2D eigenvalue weighted by Gasteiger charge is -2.44. The summed E-state index contributed by atoms with van der Waals surface area (Å²) in [7, 11) is 1.89. The van der Waals surface area contributed by atoms with Gasteiger partial charge in [-0.05, 0) is 38.3 Å². The lowest BCUT2D eigenvalue weighted by atomic mass is 9.83. The van der Waals surface area contributed by atoms with Crippen LogP contribution in [0.2, 0.25) is 10.0 Å². The molecule has 0 aliphatic carbocycles. The summed E-state index contributed by atoms with van der Waals surface area (Å²) in [5.41, 5.74) is 4.27. The number of hydrogen-bond acceptors (Lipinski definition) is 4. The molecule has 0 N–H and O–H groups in total. The average Bonchev–Trinajstić information content (AvgIpc) is 3.19. The minimum Gasteiger partial charge on any atom is -0.327 e. The average molecular weight is 472 g/mol. The van der Waals surface area contributed by atoms with E-state index in [1.54, 1.807) is 22.9 Å². The molecule has 3 aromatic rings. The van der Waals surface area contributed by atoms with E-state index in [9.17, 15) is 4.79 Å². The molecule has 0 spiro atoms. The molecular weight excluding hydrogens is 445 g/mol. The van der Waals surface area contributed by atoms with Crippen LogP contribution >= 0.6 is 23.2 Å². The Hall–Kier alpha value is -2.44. The summed E-state index contributed by atoms with van der Waals surface area (Å²) in [4.78, 5) is 25.4. The summed E-state index contributed by atoms with van der Waals surface area (Å²) >= 11 is 12.7. The van der Waals surface area contributed by atoms with Crippen LogP contribution in [-0.4, -0.2) is 36.6 Å². The molecule has 1 unspecified atom stereocenters. The van der Waals surface area contributed by atoms with Crippen molar-refractivity contribution in [2.24, 2.45) is 13.0 Å². The van der Waals surface area contributed by atoms with Crippen molar-refractivity contribution >= 4 is 29.1 Å². The molecule has 0 bridgehead atoms. The van der Waals surface area contributed by atoms with Crippen LogP contribution in [-0.2, 0) is 13.5 Å². The standard InChI is InChI=1S/C24H27Cl2N5O/c1-6-13(2)23-22-18(21(28-15(4)29-22)16-11-27-30(5)12-16)10-14(3)31(23)24(32)17-8-7-9-19(25)20(17)26/h7-9,11-14,23H,6,10H2,1-5H3/t13?,14-,23-/m0/s1. The van der Waals surface area contributed by atoms with Gasteiger partial charge >= 0.3 is 0 Å². The second-order valence-corrected chi connectivity index (χ2v) is 9.37. The molecule has 1 aliphatic rings. The summed E-state index contributed by atoms with van der Waals surface area (Å²) in [5.74, 6) is 0.744. The fourth-order valence-corrected chi connectivity index (χ4v) is 4.93. The topological polar surface area (TPSA) is 63.9 Å². The first-order valence-electron chi connectivity index (χ1n) is 10.9. The third kappa shape index (κ3) is 3.90. The van der Waals surface area contributed by atoms with Gasteiger partial charge in [0.25, 0.3) is 5.91 Å². The zero-order valence-corrected chi connectivity index (χ0v) is 20.4. The van der Waals surface area contributed by atoms with Gasteiger partial charge in [-0.2, -0.15) is 5.10 Å². The van der Waals surface area contributed by atoms with Crippen molar-refractivity contribution in [3.05, 3.63) is 63.3 Å². The number of aromatic nitrogens is 4. The predicted molar refractivity (Wildman–Crippen MR) is 127 cm³/mol. The lowest BCUT2D eigenvalue weighted by molar-refractivity contribution is 0.0452. The first-order chi connectivity index (χ1) is 15.2. The van der Waals surface area contributed by atoms with Crippen LogP contribution in [0.3, 0.4) is 0 Å². The lowest BCUT2D eigenvalue weighted by Crippen LogP contribution is -2.48. The Labute approximate surface area is 198 Å². The monoisotopic (exact) mass is 471 g/mol. The number of nitrogens with zero attached hydrogens (tertiary/aromatic N) is 5. The Morgan fingerprint density at radius 3 is 2.69 bits per heavy atom. The maximum atomic E-state index is 13.8. The molecule has 1 aromatic carbocycles. The fraction of sp³-hybridized carbons (Fsp3) is 0.417. The van der Waals surface area contributed by atoms with E-state index in [0.717, 1.165) is 28.9 Å². The Balaban J connectivity index is 1.89. The molecule has 3 heterocycles. The third-order valence-electron chi connectivity index (χ3n) is 6.28. The number of fused-ring (bicyclic) bond motifs is 1. The van der Waals surface area contributed by atoms with E-state index in [4.69, 9.17) is 33.2 Å². The van der Waals surface area contributed by atoms with Gasteiger partial charge in [0.2, 0.25) is 0 Å².